The number of rotatable bonds is 5. The second-order valence-corrected chi connectivity index (χ2v) is 9.19. The van der Waals surface area contributed by atoms with Gasteiger partial charge in [-0.15, -0.1) is 11.3 Å². The van der Waals surface area contributed by atoms with Crippen LogP contribution in [0.5, 0.6) is 5.75 Å². The van der Waals surface area contributed by atoms with Crippen LogP contribution >= 0.6 is 22.9 Å². The van der Waals surface area contributed by atoms with E-state index in [1.807, 2.05) is 55.5 Å². The number of halogens is 1. The first-order chi connectivity index (χ1) is 16.5. The molecule has 0 fully saturated rings. The molecule has 0 N–H and O–H groups in total. The lowest BCUT2D eigenvalue weighted by molar-refractivity contribution is -0.130. The number of carbonyl (C=O) groups excluding carboxylic acids is 2. The number of benzene rings is 3. The lowest BCUT2D eigenvalue weighted by atomic mass is 10.1. The lowest BCUT2D eigenvalue weighted by Crippen LogP contribution is -2.08. The summed E-state index contributed by atoms with van der Waals surface area (Å²) in [4.78, 5) is 30.0. The monoisotopic (exact) mass is 487 g/mol. The normalized spacial score (nSPS) is 14.4. The molecule has 5 rings (SSSR count). The van der Waals surface area contributed by atoms with Gasteiger partial charge in [-0.1, -0.05) is 72.3 Å². The van der Waals surface area contributed by atoms with Gasteiger partial charge in [-0.25, -0.2) is 14.6 Å². The van der Waals surface area contributed by atoms with Crippen molar-refractivity contribution in [1.82, 2.24) is 0 Å². The summed E-state index contributed by atoms with van der Waals surface area (Å²) in [6, 6.07) is 22.4. The summed E-state index contributed by atoms with van der Waals surface area (Å²) in [5, 5.41) is 1.18. The molecule has 34 heavy (non-hydrogen) atoms. The van der Waals surface area contributed by atoms with Crippen LogP contribution in [-0.2, 0) is 16.0 Å². The Bertz CT molecular complexity index is 1490. The molecule has 0 saturated carbocycles. The number of thiophene rings is 1. The quantitative estimate of drug-likeness (QED) is 0.180. The predicted molar refractivity (Wildman–Crippen MR) is 135 cm³/mol. The van der Waals surface area contributed by atoms with E-state index in [1.165, 1.54) is 11.3 Å². The van der Waals surface area contributed by atoms with Gasteiger partial charge in [-0.3, -0.25) is 0 Å². The van der Waals surface area contributed by atoms with Crippen molar-refractivity contribution in [3.8, 4) is 5.75 Å². The Hall–Kier alpha value is -3.74. The van der Waals surface area contributed by atoms with Gasteiger partial charge in [0.2, 0.25) is 5.90 Å². The highest BCUT2D eigenvalue weighted by Crippen LogP contribution is 2.37. The smallest absolute Gasteiger partial charge is 0.363 e. The average molecular weight is 488 g/mol. The van der Waals surface area contributed by atoms with Crippen molar-refractivity contribution in [1.29, 1.82) is 0 Å². The third-order valence-corrected chi connectivity index (χ3v) is 6.88. The van der Waals surface area contributed by atoms with E-state index >= 15 is 0 Å². The van der Waals surface area contributed by atoms with Gasteiger partial charge in [0.05, 0.1) is 5.02 Å². The molecule has 0 unspecified atom stereocenters. The number of para-hydroxylation sites is 1. The predicted octanol–water partition coefficient (Wildman–Crippen LogP) is 6.62. The van der Waals surface area contributed by atoms with E-state index in [-0.39, 0.29) is 5.70 Å². The number of ether oxygens (including phenoxy) is 2. The number of esters is 2. The summed E-state index contributed by atoms with van der Waals surface area (Å²) in [5.74, 6) is -0.486. The van der Waals surface area contributed by atoms with Gasteiger partial charge in [-0.2, -0.15) is 0 Å². The molecule has 0 atom stereocenters. The molecule has 0 spiro atoms. The van der Waals surface area contributed by atoms with Crippen molar-refractivity contribution in [3.63, 3.8) is 0 Å². The Morgan fingerprint density at radius 1 is 1.09 bits per heavy atom. The molecule has 168 valence electrons. The number of nitrogens with zero attached hydrogens (tertiary/aromatic N) is 1. The summed E-state index contributed by atoms with van der Waals surface area (Å²) in [6.07, 6.45) is 1.96. The van der Waals surface area contributed by atoms with Gasteiger partial charge in [0.15, 0.2) is 5.70 Å². The maximum Gasteiger partial charge on any atom is 0.363 e. The number of fused-ring (bicyclic) bond motifs is 1. The van der Waals surface area contributed by atoms with Gasteiger partial charge < -0.3 is 9.47 Å². The molecule has 0 saturated heterocycles. The molecule has 4 aromatic rings. The highest BCUT2D eigenvalue weighted by atomic mass is 35.5. The zero-order chi connectivity index (χ0) is 23.7. The molecule has 0 bridgehead atoms. The molecule has 0 aliphatic carbocycles. The zero-order valence-corrected chi connectivity index (χ0v) is 19.7. The minimum absolute atomic E-state index is 0.143. The Labute approximate surface area is 204 Å². The summed E-state index contributed by atoms with van der Waals surface area (Å²) in [5.41, 5.74) is 2.74. The maximum absolute atomic E-state index is 13.0. The number of hydrogen-bond acceptors (Lipinski definition) is 6. The van der Waals surface area contributed by atoms with Crippen molar-refractivity contribution in [2.75, 3.05) is 0 Å². The van der Waals surface area contributed by atoms with Gasteiger partial charge in [0.1, 0.15) is 10.6 Å². The second kappa shape index (κ2) is 9.25. The van der Waals surface area contributed by atoms with Crippen LogP contribution in [0, 0.1) is 6.92 Å². The molecular weight excluding hydrogens is 470 g/mol. The minimum Gasteiger partial charge on any atom is -0.422 e. The fourth-order valence-corrected chi connectivity index (χ4v) is 5.07. The fourth-order valence-electron chi connectivity index (χ4n) is 3.59. The number of aryl methyl sites for hydroxylation is 1. The first-order valence-electron chi connectivity index (χ1n) is 10.5. The van der Waals surface area contributed by atoms with Crippen LogP contribution in [0.2, 0.25) is 5.02 Å². The van der Waals surface area contributed by atoms with Crippen LogP contribution in [0.4, 0.5) is 0 Å². The van der Waals surface area contributed by atoms with E-state index in [2.05, 4.69) is 4.99 Å². The Morgan fingerprint density at radius 2 is 1.85 bits per heavy atom. The van der Waals surface area contributed by atoms with E-state index in [0.717, 1.165) is 21.2 Å². The molecule has 0 amide bonds. The summed E-state index contributed by atoms with van der Waals surface area (Å²) in [7, 11) is 0. The number of hydrogen-bond donors (Lipinski definition) is 0. The second-order valence-electron chi connectivity index (χ2n) is 7.76. The van der Waals surface area contributed by atoms with Crippen molar-refractivity contribution in [2.45, 2.75) is 13.3 Å². The van der Waals surface area contributed by atoms with E-state index < -0.39 is 11.9 Å². The molecule has 2 heterocycles. The van der Waals surface area contributed by atoms with Gasteiger partial charge >= 0.3 is 11.9 Å². The Kier molecular flexibility index (Phi) is 6.01. The topological polar surface area (TPSA) is 65.0 Å². The van der Waals surface area contributed by atoms with Crippen LogP contribution < -0.4 is 4.74 Å². The lowest BCUT2D eigenvalue weighted by Gasteiger charge is -2.07. The molecule has 1 aliphatic heterocycles. The Balaban J connectivity index is 1.41. The molecule has 1 aliphatic rings. The van der Waals surface area contributed by atoms with Crippen LogP contribution in [0.3, 0.4) is 0 Å². The Morgan fingerprint density at radius 3 is 2.68 bits per heavy atom. The SMILES string of the molecule is Cc1ccc2c(Cl)c(C(=O)Oc3ccccc3/C=C3/N=C(Cc4ccccc4)OC3=O)sc2c1. The van der Waals surface area contributed by atoms with E-state index in [4.69, 9.17) is 21.1 Å². The highest BCUT2D eigenvalue weighted by Gasteiger charge is 2.24. The minimum atomic E-state index is -0.558. The molecule has 0 radical (unpaired) electrons. The zero-order valence-electron chi connectivity index (χ0n) is 18.1. The number of carbonyl (C=O) groups is 2. The van der Waals surface area contributed by atoms with Crippen molar-refractivity contribution in [2.24, 2.45) is 4.99 Å². The van der Waals surface area contributed by atoms with E-state index in [0.29, 0.717) is 33.5 Å². The molecular formula is C27H18ClNO4S. The first-order valence-corrected chi connectivity index (χ1v) is 11.7. The van der Waals surface area contributed by atoms with Crippen molar-refractivity contribution >= 4 is 56.9 Å². The van der Waals surface area contributed by atoms with Crippen molar-refractivity contribution < 1.29 is 19.1 Å². The number of cyclic esters (lactones) is 1. The molecule has 3 aromatic carbocycles. The van der Waals surface area contributed by atoms with Gasteiger partial charge in [0.25, 0.3) is 0 Å². The summed E-state index contributed by atoms with van der Waals surface area (Å²) >= 11 is 7.76. The average Bonchev–Trinajstić information content (AvgIpc) is 3.34. The standard InChI is InChI=1S/C27H18ClNO4S/c1-16-11-12-19-22(13-16)34-25(24(19)28)27(31)32-21-10-6-5-9-18(21)15-20-26(30)33-23(29-20)14-17-7-3-2-4-8-17/h2-13,15H,14H2,1H3/b20-15+. The van der Waals surface area contributed by atoms with Crippen LogP contribution in [0.25, 0.3) is 16.2 Å². The largest absolute Gasteiger partial charge is 0.422 e. The maximum atomic E-state index is 13.0. The molecule has 5 nitrogen and oxygen atoms in total. The number of aliphatic imine (C=N–C) groups is 1. The van der Waals surface area contributed by atoms with Gasteiger partial charge in [0, 0.05) is 22.1 Å². The summed E-state index contributed by atoms with van der Waals surface area (Å²) in [6.45, 7) is 1.98. The first kappa shape index (κ1) is 22.1. The fraction of sp³-hybridized carbons (Fsp3) is 0.0741. The van der Waals surface area contributed by atoms with Crippen LogP contribution in [0.1, 0.15) is 26.4 Å². The van der Waals surface area contributed by atoms with Crippen molar-refractivity contribution in [3.05, 3.63) is 105 Å². The third kappa shape index (κ3) is 4.51. The van der Waals surface area contributed by atoms with E-state index in [1.54, 1.807) is 30.3 Å². The van der Waals surface area contributed by atoms with Crippen LogP contribution in [-0.4, -0.2) is 17.8 Å². The highest BCUT2D eigenvalue weighted by molar-refractivity contribution is 7.21. The summed E-state index contributed by atoms with van der Waals surface area (Å²) < 4.78 is 11.9. The third-order valence-electron chi connectivity index (χ3n) is 5.25. The molecule has 7 heteroatoms. The molecule has 1 aromatic heterocycles. The van der Waals surface area contributed by atoms with Crippen LogP contribution in [0.15, 0.2) is 83.5 Å². The van der Waals surface area contributed by atoms with E-state index in [9.17, 15) is 9.59 Å². The van der Waals surface area contributed by atoms with Gasteiger partial charge in [-0.05, 0) is 36.3 Å².